The van der Waals surface area contributed by atoms with Crippen LogP contribution in [-0.4, -0.2) is 20.5 Å². The lowest BCUT2D eigenvalue weighted by atomic mass is 10.1. The molecule has 0 spiro atoms. The molecule has 0 N–H and O–H groups in total. The lowest BCUT2D eigenvalue weighted by Crippen LogP contribution is -1.99. The lowest BCUT2D eigenvalue weighted by molar-refractivity contribution is 0.104. The molecule has 114 valence electrons. The molecule has 0 heterocycles. The van der Waals surface area contributed by atoms with Crippen LogP contribution in [0.3, 0.4) is 0 Å². The standard InChI is InChI=1S/C16H12Cl2O3S/c1-22(20,21)13-8-5-11(6-9-13)15(19)10-7-12-3-2-4-14(17)16(12)18/h2-10H,1H3/b10-7+. The number of hydrogen-bond donors (Lipinski definition) is 0. The van der Waals surface area contributed by atoms with Gasteiger partial charge in [-0.25, -0.2) is 8.42 Å². The molecule has 2 rings (SSSR count). The van der Waals surface area contributed by atoms with Crippen molar-refractivity contribution in [2.45, 2.75) is 4.90 Å². The molecule has 3 nitrogen and oxygen atoms in total. The molecule has 0 aliphatic rings. The average molecular weight is 355 g/mol. The first kappa shape index (κ1) is 16.7. The van der Waals surface area contributed by atoms with Gasteiger partial charge >= 0.3 is 0 Å². The third kappa shape index (κ3) is 3.97. The Labute approximate surface area is 139 Å². The van der Waals surface area contributed by atoms with Crippen LogP contribution in [0.25, 0.3) is 6.08 Å². The summed E-state index contributed by atoms with van der Waals surface area (Å²) in [4.78, 5) is 12.2. The largest absolute Gasteiger partial charge is 0.289 e. The molecule has 6 heteroatoms. The summed E-state index contributed by atoms with van der Waals surface area (Å²) in [6.45, 7) is 0. The van der Waals surface area contributed by atoms with Crippen molar-refractivity contribution in [2.75, 3.05) is 6.26 Å². The number of ketones is 1. The number of sulfone groups is 1. The Hall–Kier alpha value is -1.62. The molecule has 0 saturated heterocycles. The zero-order valence-electron chi connectivity index (χ0n) is 11.6. The van der Waals surface area contributed by atoms with Crippen molar-refractivity contribution in [3.63, 3.8) is 0 Å². The van der Waals surface area contributed by atoms with Crippen LogP contribution in [0.1, 0.15) is 15.9 Å². The maximum atomic E-state index is 12.1. The van der Waals surface area contributed by atoms with Gasteiger partial charge in [0.15, 0.2) is 15.6 Å². The molecule has 0 fully saturated rings. The molecular weight excluding hydrogens is 343 g/mol. The molecule has 0 bridgehead atoms. The third-order valence-corrected chi connectivity index (χ3v) is 4.92. The van der Waals surface area contributed by atoms with E-state index in [1.807, 2.05) is 0 Å². The zero-order valence-corrected chi connectivity index (χ0v) is 13.9. The van der Waals surface area contributed by atoms with E-state index in [9.17, 15) is 13.2 Å². The van der Waals surface area contributed by atoms with Crippen molar-refractivity contribution < 1.29 is 13.2 Å². The van der Waals surface area contributed by atoms with Crippen molar-refractivity contribution in [1.82, 2.24) is 0 Å². The number of hydrogen-bond acceptors (Lipinski definition) is 3. The van der Waals surface area contributed by atoms with Gasteiger partial charge in [0.25, 0.3) is 0 Å². The number of carbonyl (C=O) groups excluding carboxylic acids is 1. The first-order valence-corrected chi connectivity index (χ1v) is 8.90. The molecule has 2 aromatic carbocycles. The highest BCUT2D eigenvalue weighted by atomic mass is 35.5. The van der Waals surface area contributed by atoms with Crippen molar-refractivity contribution in [2.24, 2.45) is 0 Å². The van der Waals surface area contributed by atoms with Crippen LogP contribution in [0.2, 0.25) is 10.0 Å². The van der Waals surface area contributed by atoms with Crippen LogP contribution in [0.4, 0.5) is 0 Å². The molecular formula is C16H12Cl2O3S. The monoisotopic (exact) mass is 354 g/mol. The Morgan fingerprint density at radius 3 is 2.27 bits per heavy atom. The van der Waals surface area contributed by atoms with Gasteiger partial charge in [-0.05, 0) is 48.0 Å². The fourth-order valence-corrected chi connectivity index (χ4v) is 2.78. The summed E-state index contributed by atoms with van der Waals surface area (Å²) in [5, 5.41) is 0.786. The molecule has 0 unspecified atom stereocenters. The van der Waals surface area contributed by atoms with Crippen LogP contribution in [0, 0.1) is 0 Å². The zero-order chi connectivity index (χ0) is 16.3. The van der Waals surface area contributed by atoms with Crippen LogP contribution < -0.4 is 0 Å². The SMILES string of the molecule is CS(=O)(=O)c1ccc(C(=O)/C=C/c2cccc(Cl)c2Cl)cc1. The second-order valence-electron chi connectivity index (χ2n) is 4.64. The molecule has 0 aliphatic carbocycles. The maximum absolute atomic E-state index is 12.1. The predicted molar refractivity (Wildman–Crippen MR) is 89.4 cm³/mol. The highest BCUT2D eigenvalue weighted by molar-refractivity contribution is 7.90. The molecule has 0 aliphatic heterocycles. The third-order valence-electron chi connectivity index (χ3n) is 2.96. The van der Waals surface area contributed by atoms with Crippen molar-refractivity contribution in [3.05, 3.63) is 69.7 Å². The van der Waals surface area contributed by atoms with E-state index in [0.717, 1.165) is 6.26 Å². The maximum Gasteiger partial charge on any atom is 0.185 e. The van der Waals surface area contributed by atoms with Gasteiger partial charge < -0.3 is 0 Å². The van der Waals surface area contributed by atoms with E-state index in [1.54, 1.807) is 24.3 Å². The molecule has 0 atom stereocenters. The highest BCUT2D eigenvalue weighted by Gasteiger charge is 2.08. The van der Waals surface area contributed by atoms with Gasteiger partial charge in [0, 0.05) is 11.8 Å². The summed E-state index contributed by atoms with van der Waals surface area (Å²) in [5.41, 5.74) is 1.03. The summed E-state index contributed by atoms with van der Waals surface area (Å²) in [5.74, 6) is -0.254. The quantitative estimate of drug-likeness (QED) is 0.607. The van der Waals surface area contributed by atoms with Crippen molar-refractivity contribution in [1.29, 1.82) is 0 Å². The summed E-state index contributed by atoms with van der Waals surface area (Å²) in [6.07, 6.45) is 4.05. The van der Waals surface area contributed by atoms with E-state index < -0.39 is 9.84 Å². The normalized spacial score (nSPS) is 11.8. The van der Waals surface area contributed by atoms with Crippen LogP contribution in [0.5, 0.6) is 0 Å². The number of allylic oxidation sites excluding steroid dienone is 1. The molecule has 0 aromatic heterocycles. The smallest absolute Gasteiger partial charge is 0.185 e. The Bertz CT molecular complexity index is 838. The molecule has 2 aromatic rings. The van der Waals surface area contributed by atoms with Gasteiger partial charge in [0.2, 0.25) is 0 Å². The number of benzene rings is 2. The number of carbonyl (C=O) groups is 1. The Morgan fingerprint density at radius 2 is 1.68 bits per heavy atom. The summed E-state index contributed by atoms with van der Waals surface area (Å²) in [6, 6.07) is 10.9. The van der Waals surface area contributed by atoms with Crippen LogP contribution in [0.15, 0.2) is 53.4 Å². The van der Waals surface area contributed by atoms with E-state index in [1.165, 1.54) is 30.3 Å². The minimum atomic E-state index is -3.27. The van der Waals surface area contributed by atoms with Crippen LogP contribution >= 0.6 is 23.2 Å². The molecule has 0 radical (unpaired) electrons. The summed E-state index contributed by atoms with van der Waals surface area (Å²) >= 11 is 11.9. The van der Waals surface area contributed by atoms with E-state index in [-0.39, 0.29) is 10.7 Å². The van der Waals surface area contributed by atoms with Gasteiger partial charge in [-0.3, -0.25) is 4.79 Å². The topological polar surface area (TPSA) is 51.2 Å². The Morgan fingerprint density at radius 1 is 1.05 bits per heavy atom. The first-order chi connectivity index (χ1) is 10.3. The van der Waals surface area contributed by atoms with Crippen LogP contribution in [-0.2, 0) is 9.84 Å². The Kier molecular flexibility index (Phi) is 5.06. The van der Waals surface area contributed by atoms with E-state index in [0.29, 0.717) is 21.2 Å². The second kappa shape index (κ2) is 6.65. The van der Waals surface area contributed by atoms with E-state index in [4.69, 9.17) is 23.2 Å². The fraction of sp³-hybridized carbons (Fsp3) is 0.0625. The second-order valence-corrected chi connectivity index (χ2v) is 7.44. The predicted octanol–water partition coefficient (Wildman–Crippen LogP) is 4.29. The molecule has 22 heavy (non-hydrogen) atoms. The summed E-state index contributed by atoms with van der Waals surface area (Å²) < 4.78 is 22.7. The lowest BCUT2D eigenvalue weighted by Gasteiger charge is -2.01. The van der Waals surface area contributed by atoms with Crippen molar-refractivity contribution >= 4 is 44.9 Å². The minimum Gasteiger partial charge on any atom is -0.289 e. The Balaban J connectivity index is 2.22. The number of rotatable bonds is 4. The first-order valence-electron chi connectivity index (χ1n) is 6.25. The highest BCUT2D eigenvalue weighted by Crippen LogP contribution is 2.26. The van der Waals surface area contributed by atoms with Gasteiger partial charge in [0.05, 0.1) is 14.9 Å². The molecule has 0 amide bonds. The summed E-state index contributed by atoms with van der Waals surface area (Å²) in [7, 11) is -3.27. The van der Waals surface area contributed by atoms with Gasteiger partial charge in [0.1, 0.15) is 0 Å². The van der Waals surface area contributed by atoms with Gasteiger partial charge in [-0.1, -0.05) is 35.3 Å². The molecule has 0 saturated carbocycles. The van der Waals surface area contributed by atoms with E-state index in [2.05, 4.69) is 0 Å². The van der Waals surface area contributed by atoms with Gasteiger partial charge in [-0.2, -0.15) is 0 Å². The van der Waals surface area contributed by atoms with Gasteiger partial charge in [-0.15, -0.1) is 0 Å². The minimum absolute atomic E-state index is 0.172. The number of halogens is 2. The average Bonchev–Trinajstić information content (AvgIpc) is 2.48. The van der Waals surface area contributed by atoms with Crippen molar-refractivity contribution in [3.8, 4) is 0 Å². The van der Waals surface area contributed by atoms with E-state index >= 15 is 0 Å². The fourth-order valence-electron chi connectivity index (χ4n) is 1.78.